The van der Waals surface area contributed by atoms with Gasteiger partial charge in [-0.15, -0.1) is 0 Å². The minimum absolute atomic E-state index is 0.716. The number of aromatic nitrogens is 1. The van der Waals surface area contributed by atoms with Crippen molar-refractivity contribution in [3.63, 3.8) is 0 Å². The summed E-state index contributed by atoms with van der Waals surface area (Å²) in [5.74, 6) is 3.20. The number of hydrogen-bond acceptors (Lipinski definition) is 2. The SMILES string of the molecule is C=C=Nc1nc(C)c(C)cc1C. The Balaban J connectivity index is 3.32. The van der Waals surface area contributed by atoms with Gasteiger partial charge in [0.2, 0.25) is 0 Å². The first kappa shape index (κ1) is 8.69. The molecule has 0 saturated heterocycles. The van der Waals surface area contributed by atoms with Crippen molar-refractivity contribution >= 4 is 11.7 Å². The summed E-state index contributed by atoms with van der Waals surface area (Å²) in [7, 11) is 0. The van der Waals surface area contributed by atoms with Crippen molar-refractivity contribution < 1.29 is 0 Å². The molecule has 0 aliphatic heterocycles. The average molecular weight is 160 g/mol. The van der Waals surface area contributed by atoms with E-state index in [2.05, 4.69) is 28.5 Å². The lowest BCUT2D eigenvalue weighted by molar-refractivity contribution is 1.11. The zero-order valence-electron chi connectivity index (χ0n) is 7.68. The molecule has 2 nitrogen and oxygen atoms in total. The molecule has 0 spiro atoms. The molecule has 1 heterocycles. The highest BCUT2D eigenvalue weighted by molar-refractivity contribution is 5.55. The number of aliphatic imine (C=N–C) groups is 1. The van der Waals surface area contributed by atoms with Crippen molar-refractivity contribution in [1.82, 2.24) is 4.98 Å². The molecule has 2 heteroatoms. The second-order valence-electron chi connectivity index (χ2n) is 2.80. The van der Waals surface area contributed by atoms with E-state index in [9.17, 15) is 0 Å². The Morgan fingerprint density at radius 1 is 1.33 bits per heavy atom. The second kappa shape index (κ2) is 3.33. The Morgan fingerprint density at radius 3 is 2.58 bits per heavy atom. The predicted octanol–water partition coefficient (Wildman–Crippen LogP) is 2.49. The Hall–Kier alpha value is -1.40. The van der Waals surface area contributed by atoms with E-state index in [1.807, 2.05) is 20.8 Å². The minimum Gasteiger partial charge on any atom is -0.233 e. The van der Waals surface area contributed by atoms with Crippen LogP contribution in [-0.4, -0.2) is 10.9 Å². The fraction of sp³-hybridized carbons (Fsp3) is 0.300. The third kappa shape index (κ3) is 1.60. The molecule has 0 unspecified atom stereocenters. The molecule has 0 bridgehead atoms. The van der Waals surface area contributed by atoms with Crippen LogP contribution >= 0.6 is 0 Å². The number of nitrogens with zero attached hydrogens (tertiary/aromatic N) is 2. The van der Waals surface area contributed by atoms with Gasteiger partial charge in [-0.2, -0.15) is 4.99 Å². The van der Waals surface area contributed by atoms with Crippen LogP contribution in [0.2, 0.25) is 0 Å². The molecule has 0 aromatic carbocycles. The molecule has 1 rings (SSSR count). The van der Waals surface area contributed by atoms with Gasteiger partial charge in [0.25, 0.3) is 0 Å². The van der Waals surface area contributed by atoms with Crippen LogP contribution in [0.15, 0.2) is 17.6 Å². The van der Waals surface area contributed by atoms with E-state index < -0.39 is 0 Å². The lowest BCUT2D eigenvalue weighted by Gasteiger charge is -2.02. The van der Waals surface area contributed by atoms with Crippen molar-refractivity contribution in [3.05, 3.63) is 29.5 Å². The highest BCUT2D eigenvalue weighted by atomic mass is 14.9. The number of rotatable bonds is 1. The van der Waals surface area contributed by atoms with Crippen LogP contribution in [0, 0.1) is 20.8 Å². The summed E-state index contributed by atoms with van der Waals surface area (Å²) in [6, 6.07) is 2.07. The monoisotopic (exact) mass is 160 g/mol. The van der Waals surface area contributed by atoms with Gasteiger partial charge in [0.1, 0.15) is 0 Å². The van der Waals surface area contributed by atoms with Crippen LogP contribution in [0.5, 0.6) is 0 Å². The van der Waals surface area contributed by atoms with E-state index in [0.717, 1.165) is 11.3 Å². The van der Waals surface area contributed by atoms with Gasteiger partial charge in [-0.1, -0.05) is 6.07 Å². The van der Waals surface area contributed by atoms with Gasteiger partial charge in [0.15, 0.2) is 5.82 Å². The summed E-state index contributed by atoms with van der Waals surface area (Å²) in [5.41, 5.74) is 3.26. The summed E-state index contributed by atoms with van der Waals surface area (Å²) in [6.45, 7) is 9.41. The second-order valence-corrected chi connectivity index (χ2v) is 2.80. The van der Waals surface area contributed by atoms with E-state index in [-0.39, 0.29) is 0 Å². The van der Waals surface area contributed by atoms with Gasteiger partial charge in [-0.05, 0) is 44.3 Å². The standard InChI is InChI=1S/C10H12N2/c1-5-11-10-8(3)6-7(2)9(4)12-10/h6H,1H2,2-4H3. The summed E-state index contributed by atoms with van der Waals surface area (Å²) < 4.78 is 0. The first-order valence-electron chi connectivity index (χ1n) is 3.83. The van der Waals surface area contributed by atoms with Crippen LogP contribution < -0.4 is 0 Å². The van der Waals surface area contributed by atoms with E-state index in [4.69, 9.17) is 0 Å². The molecule has 0 aliphatic rings. The molecule has 0 fully saturated rings. The van der Waals surface area contributed by atoms with Gasteiger partial charge >= 0.3 is 0 Å². The zero-order valence-corrected chi connectivity index (χ0v) is 7.68. The number of hydrogen-bond donors (Lipinski definition) is 0. The smallest absolute Gasteiger partial charge is 0.164 e. The Bertz CT molecular complexity index is 347. The van der Waals surface area contributed by atoms with Gasteiger partial charge < -0.3 is 0 Å². The molecule has 0 saturated carbocycles. The van der Waals surface area contributed by atoms with E-state index >= 15 is 0 Å². The lowest BCUT2D eigenvalue weighted by atomic mass is 10.1. The van der Waals surface area contributed by atoms with Crippen molar-refractivity contribution in [1.29, 1.82) is 0 Å². The highest BCUT2D eigenvalue weighted by Gasteiger charge is 2.00. The van der Waals surface area contributed by atoms with Crippen LogP contribution in [0.3, 0.4) is 0 Å². The third-order valence-electron chi connectivity index (χ3n) is 1.81. The summed E-state index contributed by atoms with van der Waals surface area (Å²) in [4.78, 5) is 8.23. The maximum atomic E-state index is 4.29. The molecular formula is C10H12N2. The molecule has 1 aromatic heterocycles. The van der Waals surface area contributed by atoms with E-state index in [1.54, 1.807) is 0 Å². The molecule has 12 heavy (non-hydrogen) atoms. The van der Waals surface area contributed by atoms with Gasteiger partial charge in [0, 0.05) is 5.69 Å². The van der Waals surface area contributed by atoms with Crippen molar-refractivity contribution in [2.45, 2.75) is 20.8 Å². The Morgan fingerprint density at radius 2 is 2.00 bits per heavy atom. The molecular weight excluding hydrogens is 148 g/mol. The fourth-order valence-electron chi connectivity index (χ4n) is 1.02. The lowest BCUT2D eigenvalue weighted by Crippen LogP contribution is -1.89. The predicted molar refractivity (Wildman–Crippen MR) is 51.2 cm³/mol. The highest BCUT2D eigenvalue weighted by Crippen LogP contribution is 2.17. The number of pyridine rings is 1. The molecule has 0 amide bonds. The summed E-state index contributed by atoms with van der Waals surface area (Å²) in [6.07, 6.45) is 0. The largest absolute Gasteiger partial charge is 0.233 e. The first-order valence-corrected chi connectivity index (χ1v) is 3.83. The van der Waals surface area contributed by atoms with Gasteiger partial charge in [-0.3, -0.25) is 0 Å². The zero-order chi connectivity index (χ0) is 9.14. The Labute approximate surface area is 72.7 Å². The van der Waals surface area contributed by atoms with Crippen LogP contribution in [-0.2, 0) is 0 Å². The maximum Gasteiger partial charge on any atom is 0.164 e. The quantitative estimate of drug-likeness (QED) is 0.579. The summed E-state index contributed by atoms with van der Waals surface area (Å²) >= 11 is 0. The van der Waals surface area contributed by atoms with E-state index in [0.29, 0.717) is 5.82 Å². The van der Waals surface area contributed by atoms with E-state index in [1.165, 1.54) is 5.56 Å². The van der Waals surface area contributed by atoms with Crippen molar-refractivity contribution in [2.75, 3.05) is 0 Å². The minimum atomic E-state index is 0.716. The molecule has 0 atom stereocenters. The molecule has 0 aliphatic carbocycles. The normalized spacial score (nSPS) is 9.25. The molecule has 1 aromatic rings. The van der Waals surface area contributed by atoms with Crippen molar-refractivity contribution in [2.24, 2.45) is 4.99 Å². The van der Waals surface area contributed by atoms with Crippen LogP contribution in [0.1, 0.15) is 16.8 Å². The van der Waals surface area contributed by atoms with Crippen molar-refractivity contribution in [3.8, 4) is 0 Å². The fourth-order valence-corrected chi connectivity index (χ4v) is 1.02. The molecule has 0 N–H and O–H groups in total. The van der Waals surface area contributed by atoms with Gasteiger partial charge in [-0.25, -0.2) is 4.98 Å². The average Bonchev–Trinajstić information content (AvgIpc) is 2.01. The maximum absolute atomic E-state index is 4.29. The van der Waals surface area contributed by atoms with Crippen LogP contribution in [0.4, 0.5) is 5.82 Å². The summed E-state index contributed by atoms with van der Waals surface area (Å²) in [5, 5.41) is 0. The van der Waals surface area contributed by atoms with Crippen LogP contribution in [0.25, 0.3) is 0 Å². The number of aryl methyl sites for hydroxylation is 3. The Kier molecular flexibility index (Phi) is 2.41. The van der Waals surface area contributed by atoms with Gasteiger partial charge in [0.05, 0.1) is 0 Å². The third-order valence-corrected chi connectivity index (χ3v) is 1.81. The topological polar surface area (TPSA) is 25.2 Å². The molecule has 0 radical (unpaired) electrons. The molecule has 62 valence electrons. The first-order chi connectivity index (χ1) is 5.65.